The highest BCUT2D eigenvalue weighted by Gasteiger charge is 1.95. The SMILES string of the molecule is Cc1ccc2[nH]c([SiH3])cc2c1. The van der Waals surface area contributed by atoms with Gasteiger partial charge in [0.05, 0.1) is 10.2 Å². The minimum atomic E-state index is 1.10. The number of benzene rings is 1. The maximum absolute atomic E-state index is 3.35. The number of nitrogens with one attached hydrogen (secondary N) is 1. The van der Waals surface area contributed by atoms with Gasteiger partial charge in [0.1, 0.15) is 0 Å². The molecule has 0 saturated carbocycles. The van der Waals surface area contributed by atoms with Crippen LogP contribution < -0.4 is 5.32 Å². The van der Waals surface area contributed by atoms with Crippen LogP contribution in [0, 0.1) is 6.92 Å². The molecule has 1 N–H and O–H groups in total. The molecule has 0 unspecified atom stereocenters. The van der Waals surface area contributed by atoms with Crippen molar-refractivity contribution in [1.29, 1.82) is 0 Å². The number of hydrogen-bond acceptors (Lipinski definition) is 0. The molecule has 0 aliphatic heterocycles. The highest BCUT2D eigenvalue weighted by atomic mass is 28.1. The van der Waals surface area contributed by atoms with E-state index in [1.165, 1.54) is 21.8 Å². The molecule has 2 aromatic rings. The Hall–Kier alpha value is -1.02. The van der Waals surface area contributed by atoms with Crippen LogP contribution in [0.4, 0.5) is 0 Å². The normalized spacial score (nSPS) is 11.0. The molecule has 0 bridgehead atoms. The first-order chi connectivity index (χ1) is 5.25. The highest BCUT2D eigenvalue weighted by molar-refractivity contribution is 6.32. The molecule has 0 aliphatic rings. The van der Waals surface area contributed by atoms with Gasteiger partial charge >= 0.3 is 0 Å². The Morgan fingerprint density at radius 3 is 2.91 bits per heavy atom. The molecule has 1 heterocycles. The molecular formula is C9H11NSi. The van der Waals surface area contributed by atoms with E-state index < -0.39 is 0 Å². The lowest BCUT2D eigenvalue weighted by atomic mass is 10.2. The van der Waals surface area contributed by atoms with Gasteiger partial charge < -0.3 is 4.98 Å². The van der Waals surface area contributed by atoms with Gasteiger partial charge in [0.15, 0.2) is 0 Å². The minimum Gasteiger partial charge on any atom is -0.363 e. The van der Waals surface area contributed by atoms with E-state index in [2.05, 4.69) is 36.2 Å². The number of aromatic amines is 1. The van der Waals surface area contributed by atoms with Crippen molar-refractivity contribution in [2.24, 2.45) is 0 Å². The summed E-state index contributed by atoms with van der Waals surface area (Å²) >= 11 is 0. The zero-order valence-corrected chi connectivity index (χ0v) is 8.81. The van der Waals surface area contributed by atoms with Crippen molar-refractivity contribution in [2.75, 3.05) is 0 Å². The Morgan fingerprint density at radius 1 is 1.27 bits per heavy atom. The summed E-state index contributed by atoms with van der Waals surface area (Å²) < 4.78 is 0. The van der Waals surface area contributed by atoms with Crippen LogP contribution >= 0.6 is 0 Å². The van der Waals surface area contributed by atoms with Gasteiger partial charge in [0.2, 0.25) is 0 Å². The zero-order valence-electron chi connectivity index (χ0n) is 6.81. The van der Waals surface area contributed by atoms with Crippen molar-refractivity contribution >= 4 is 26.5 Å². The highest BCUT2D eigenvalue weighted by Crippen LogP contribution is 2.11. The van der Waals surface area contributed by atoms with Gasteiger partial charge in [-0.2, -0.15) is 0 Å². The molecular weight excluding hydrogens is 150 g/mol. The lowest BCUT2D eigenvalue weighted by Gasteiger charge is -1.90. The Kier molecular flexibility index (Phi) is 1.36. The van der Waals surface area contributed by atoms with Gasteiger partial charge in [-0.15, -0.1) is 0 Å². The smallest absolute Gasteiger partial charge is 0.0592 e. The van der Waals surface area contributed by atoms with Crippen LogP contribution in [0.25, 0.3) is 10.9 Å². The van der Waals surface area contributed by atoms with Crippen molar-refractivity contribution in [1.82, 2.24) is 4.98 Å². The minimum absolute atomic E-state index is 1.10. The molecule has 2 heteroatoms. The molecule has 1 aromatic heterocycles. The molecule has 56 valence electrons. The van der Waals surface area contributed by atoms with Crippen molar-refractivity contribution in [2.45, 2.75) is 6.92 Å². The largest absolute Gasteiger partial charge is 0.363 e. The predicted molar refractivity (Wildman–Crippen MR) is 52.6 cm³/mol. The number of aryl methyl sites for hydroxylation is 1. The van der Waals surface area contributed by atoms with Gasteiger partial charge in [-0.1, -0.05) is 11.6 Å². The van der Waals surface area contributed by atoms with Crippen LogP contribution in [0.3, 0.4) is 0 Å². The van der Waals surface area contributed by atoms with Crippen LogP contribution in [-0.2, 0) is 0 Å². The third-order valence-corrected chi connectivity index (χ3v) is 2.45. The second-order valence-corrected chi connectivity index (χ2v) is 4.12. The second-order valence-electron chi connectivity index (χ2n) is 3.04. The topological polar surface area (TPSA) is 15.8 Å². The lowest BCUT2D eigenvalue weighted by Crippen LogP contribution is -1.99. The first-order valence-electron chi connectivity index (χ1n) is 3.82. The van der Waals surface area contributed by atoms with Gasteiger partial charge in [-0.3, -0.25) is 0 Å². The molecule has 1 aromatic carbocycles. The molecule has 0 saturated heterocycles. The molecule has 0 amide bonds. The van der Waals surface area contributed by atoms with E-state index in [4.69, 9.17) is 0 Å². The Labute approximate surface area is 68.9 Å². The first-order valence-corrected chi connectivity index (χ1v) is 4.82. The third-order valence-electron chi connectivity index (χ3n) is 1.91. The van der Waals surface area contributed by atoms with Gasteiger partial charge in [-0.25, -0.2) is 0 Å². The van der Waals surface area contributed by atoms with Crippen molar-refractivity contribution < 1.29 is 0 Å². The third kappa shape index (κ3) is 1.09. The maximum Gasteiger partial charge on any atom is 0.0592 e. The summed E-state index contributed by atoms with van der Waals surface area (Å²) in [4.78, 5) is 3.35. The monoisotopic (exact) mass is 161 g/mol. The van der Waals surface area contributed by atoms with Crippen LogP contribution in [0.1, 0.15) is 5.56 Å². The molecule has 2 rings (SSSR count). The number of aromatic nitrogens is 1. The molecule has 0 fully saturated rings. The van der Waals surface area contributed by atoms with Crippen LogP contribution in [0.5, 0.6) is 0 Å². The fourth-order valence-electron chi connectivity index (χ4n) is 1.40. The van der Waals surface area contributed by atoms with Crippen LogP contribution in [0.15, 0.2) is 24.3 Å². The summed E-state index contributed by atoms with van der Waals surface area (Å²) in [6, 6.07) is 8.73. The molecule has 1 nitrogen and oxygen atoms in total. The van der Waals surface area contributed by atoms with E-state index in [0.29, 0.717) is 0 Å². The Bertz CT molecular complexity index is 389. The Balaban J connectivity index is 2.82. The second kappa shape index (κ2) is 2.24. The van der Waals surface area contributed by atoms with Crippen molar-refractivity contribution in [3.05, 3.63) is 29.8 Å². The summed E-state index contributed by atoms with van der Waals surface area (Å²) in [5.74, 6) is 0. The predicted octanol–water partition coefficient (Wildman–Crippen LogP) is 0.467. The first kappa shape index (κ1) is 6.67. The molecule has 0 spiro atoms. The van der Waals surface area contributed by atoms with E-state index in [1.54, 1.807) is 0 Å². The standard InChI is InChI=1S/C9H11NSi/c1-6-2-3-8-7(4-6)5-9(11)10-8/h2-5,10H,1,11H3. The van der Waals surface area contributed by atoms with E-state index in [-0.39, 0.29) is 0 Å². The number of fused-ring (bicyclic) bond motifs is 1. The van der Waals surface area contributed by atoms with Crippen molar-refractivity contribution in [3.63, 3.8) is 0 Å². The van der Waals surface area contributed by atoms with Gasteiger partial charge in [0.25, 0.3) is 0 Å². The average molecular weight is 161 g/mol. The van der Waals surface area contributed by atoms with Gasteiger partial charge in [0, 0.05) is 5.52 Å². The van der Waals surface area contributed by atoms with E-state index in [1.807, 2.05) is 0 Å². The number of hydrogen-bond donors (Lipinski definition) is 1. The molecule has 0 aliphatic carbocycles. The Morgan fingerprint density at radius 2 is 2.09 bits per heavy atom. The van der Waals surface area contributed by atoms with E-state index in [0.717, 1.165) is 10.2 Å². The fraction of sp³-hybridized carbons (Fsp3) is 0.111. The molecule has 0 atom stereocenters. The summed E-state index contributed by atoms with van der Waals surface area (Å²) in [7, 11) is 1.10. The average Bonchev–Trinajstić information content (AvgIpc) is 2.27. The quantitative estimate of drug-likeness (QED) is 0.541. The zero-order chi connectivity index (χ0) is 7.84. The maximum atomic E-state index is 3.35. The van der Waals surface area contributed by atoms with Gasteiger partial charge in [-0.05, 0) is 35.8 Å². The fourth-order valence-corrected chi connectivity index (χ4v) is 1.98. The van der Waals surface area contributed by atoms with E-state index >= 15 is 0 Å². The summed E-state index contributed by atoms with van der Waals surface area (Å²) in [5, 5.41) is 2.71. The van der Waals surface area contributed by atoms with E-state index in [9.17, 15) is 0 Å². The van der Waals surface area contributed by atoms with Crippen molar-refractivity contribution in [3.8, 4) is 0 Å². The molecule has 11 heavy (non-hydrogen) atoms. The summed E-state index contributed by atoms with van der Waals surface area (Å²) in [6.07, 6.45) is 0. The van der Waals surface area contributed by atoms with Crippen LogP contribution in [0.2, 0.25) is 0 Å². The molecule has 0 radical (unpaired) electrons. The summed E-state index contributed by atoms with van der Waals surface area (Å²) in [5.41, 5.74) is 2.60. The summed E-state index contributed by atoms with van der Waals surface area (Å²) in [6.45, 7) is 2.12. The lowest BCUT2D eigenvalue weighted by molar-refractivity contribution is 1.48. The van der Waals surface area contributed by atoms with Crippen LogP contribution in [-0.4, -0.2) is 15.2 Å². The number of H-pyrrole nitrogens is 1. The number of rotatable bonds is 0.